The first kappa shape index (κ1) is 11.5. The van der Waals surface area contributed by atoms with Crippen LogP contribution in [0.4, 0.5) is 8.78 Å². The van der Waals surface area contributed by atoms with Gasteiger partial charge in [0, 0.05) is 0 Å². The van der Waals surface area contributed by atoms with Gasteiger partial charge in [-0.2, -0.15) is 0 Å². The molecule has 0 bridgehead atoms. The number of halogens is 2. The quantitative estimate of drug-likeness (QED) is 0.815. The number of hydrogen-bond donors (Lipinski definition) is 1. The highest BCUT2D eigenvalue weighted by atomic mass is 19.1. The van der Waals surface area contributed by atoms with E-state index in [1.165, 1.54) is 18.2 Å². The van der Waals surface area contributed by atoms with E-state index in [2.05, 4.69) is 5.32 Å². The first-order valence-corrected chi connectivity index (χ1v) is 5.84. The van der Waals surface area contributed by atoms with Crippen molar-refractivity contribution in [1.82, 2.24) is 5.32 Å². The average molecular weight is 225 g/mol. The summed E-state index contributed by atoms with van der Waals surface area (Å²) in [5.41, 5.74) is 0.520. The summed E-state index contributed by atoms with van der Waals surface area (Å²) in [5.74, 6) is -0.0834. The van der Waals surface area contributed by atoms with Crippen LogP contribution in [0.3, 0.4) is 0 Å². The van der Waals surface area contributed by atoms with Crippen LogP contribution in [0.25, 0.3) is 0 Å². The van der Waals surface area contributed by atoms with Crippen molar-refractivity contribution in [2.45, 2.75) is 25.7 Å². The fourth-order valence-corrected chi connectivity index (χ4v) is 2.46. The van der Waals surface area contributed by atoms with E-state index in [1.54, 1.807) is 0 Å². The van der Waals surface area contributed by atoms with Gasteiger partial charge in [-0.3, -0.25) is 0 Å². The second kappa shape index (κ2) is 4.91. The first-order chi connectivity index (χ1) is 7.68. The normalized spacial score (nSPS) is 19.7. The lowest BCUT2D eigenvalue weighted by molar-refractivity contribution is 0.324. The van der Waals surface area contributed by atoms with E-state index in [0.717, 1.165) is 25.9 Å². The van der Waals surface area contributed by atoms with Crippen LogP contribution in [0.5, 0.6) is 0 Å². The highest BCUT2D eigenvalue weighted by Gasteiger charge is 2.23. The summed E-state index contributed by atoms with van der Waals surface area (Å²) in [5, 5.41) is 3.28. The van der Waals surface area contributed by atoms with Crippen molar-refractivity contribution < 1.29 is 8.78 Å². The Morgan fingerprint density at radius 1 is 1.25 bits per heavy atom. The van der Waals surface area contributed by atoms with Crippen LogP contribution in [0.15, 0.2) is 18.2 Å². The maximum atomic E-state index is 13.6. The monoisotopic (exact) mass is 225 g/mol. The number of piperidine rings is 1. The van der Waals surface area contributed by atoms with Gasteiger partial charge in [0.25, 0.3) is 0 Å². The number of nitrogens with one attached hydrogen (secondary N) is 1. The Kier molecular flexibility index (Phi) is 3.54. The van der Waals surface area contributed by atoms with E-state index in [-0.39, 0.29) is 17.6 Å². The van der Waals surface area contributed by atoms with Gasteiger partial charge in [0.2, 0.25) is 0 Å². The standard InChI is InChI=1S/C13H17F2N/c1-9(10-4-6-16-7-5-10)12-8-11(14)2-3-13(12)15/h2-3,8-10,16H,4-7H2,1H3. The van der Waals surface area contributed by atoms with E-state index in [9.17, 15) is 8.78 Å². The Hall–Kier alpha value is -0.960. The van der Waals surface area contributed by atoms with Crippen LogP contribution < -0.4 is 5.32 Å². The van der Waals surface area contributed by atoms with E-state index < -0.39 is 0 Å². The smallest absolute Gasteiger partial charge is 0.126 e. The fraction of sp³-hybridized carbons (Fsp3) is 0.538. The third-order valence-electron chi connectivity index (χ3n) is 3.54. The molecule has 2 rings (SSSR count). The molecule has 0 aromatic heterocycles. The third-order valence-corrected chi connectivity index (χ3v) is 3.54. The number of hydrogen-bond acceptors (Lipinski definition) is 1. The molecule has 88 valence electrons. The van der Waals surface area contributed by atoms with Gasteiger partial charge in [0.15, 0.2) is 0 Å². The molecule has 0 amide bonds. The summed E-state index contributed by atoms with van der Waals surface area (Å²) in [6, 6.07) is 3.73. The van der Waals surface area contributed by atoms with E-state index >= 15 is 0 Å². The van der Waals surface area contributed by atoms with Gasteiger partial charge in [-0.05, 0) is 61.5 Å². The molecular formula is C13H17F2N. The van der Waals surface area contributed by atoms with Crippen molar-refractivity contribution in [3.8, 4) is 0 Å². The molecule has 0 saturated carbocycles. The van der Waals surface area contributed by atoms with Crippen LogP contribution in [-0.2, 0) is 0 Å². The van der Waals surface area contributed by atoms with Crippen LogP contribution in [0.1, 0.15) is 31.2 Å². The molecule has 1 aromatic carbocycles. The van der Waals surface area contributed by atoms with Crippen molar-refractivity contribution >= 4 is 0 Å². The summed E-state index contributed by atoms with van der Waals surface area (Å²) < 4.78 is 26.7. The Bertz CT molecular complexity index is 359. The topological polar surface area (TPSA) is 12.0 Å². The Morgan fingerprint density at radius 3 is 2.62 bits per heavy atom. The van der Waals surface area contributed by atoms with E-state index in [4.69, 9.17) is 0 Å². The molecule has 1 aliphatic rings. The molecule has 0 radical (unpaired) electrons. The minimum atomic E-state index is -0.350. The minimum Gasteiger partial charge on any atom is -0.317 e. The minimum absolute atomic E-state index is 0.0952. The molecule has 1 saturated heterocycles. The van der Waals surface area contributed by atoms with Crippen LogP contribution in [0, 0.1) is 17.6 Å². The predicted octanol–water partition coefficient (Wildman–Crippen LogP) is 3.07. The Balaban J connectivity index is 2.18. The van der Waals surface area contributed by atoms with Gasteiger partial charge in [0.1, 0.15) is 11.6 Å². The predicted molar refractivity (Wildman–Crippen MR) is 60.4 cm³/mol. The molecule has 1 aromatic rings. The SMILES string of the molecule is CC(c1cc(F)ccc1F)C1CCNCC1. The number of rotatable bonds is 2. The first-order valence-electron chi connectivity index (χ1n) is 5.84. The maximum Gasteiger partial charge on any atom is 0.126 e. The van der Waals surface area contributed by atoms with Crippen LogP contribution >= 0.6 is 0 Å². The zero-order chi connectivity index (χ0) is 11.5. The summed E-state index contributed by atoms with van der Waals surface area (Å²) in [4.78, 5) is 0. The number of benzene rings is 1. The van der Waals surface area contributed by atoms with Crippen molar-refractivity contribution in [3.63, 3.8) is 0 Å². The summed E-state index contributed by atoms with van der Waals surface area (Å²) in [6.07, 6.45) is 2.08. The zero-order valence-electron chi connectivity index (χ0n) is 9.47. The third kappa shape index (κ3) is 2.40. The molecule has 1 fully saturated rings. The zero-order valence-corrected chi connectivity index (χ0v) is 9.47. The molecule has 1 heterocycles. The summed E-state index contributed by atoms with van der Waals surface area (Å²) in [6.45, 7) is 3.95. The van der Waals surface area contributed by atoms with Gasteiger partial charge in [0.05, 0.1) is 0 Å². The van der Waals surface area contributed by atoms with Gasteiger partial charge >= 0.3 is 0 Å². The fourth-order valence-electron chi connectivity index (χ4n) is 2.46. The lowest BCUT2D eigenvalue weighted by Crippen LogP contribution is -2.30. The van der Waals surface area contributed by atoms with Crippen molar-refractivity contribution in [2.75, 3.05) is 13.1 Å². The largest absolute Gasteiger partial charge is 0.317 e. The second-order valence-corrected chi connectivity index (χ2v) is 4.54. The van der Waals surface area contributed by atoms with Gasteiger partial charge in [-0.15, -0.1) is 0 Å². The van der Waals surface area contributed by atoms with E-state index in [0.29, 0.717) is 11.5 Å². The molecule has 1 aliphatic heterocycles. The molecule has 1 N–H and O–H groups in total. The van der Waals surface area contributed by atoms with Gasteiger partial charge < -0.3 is 5.32 Å². The molecule has 0 aliphatic carbocycles. The van der Waals surface area contributed by atoms with Crippen LogP contribution in [0.2, 0.25) is 0 Å². The van der Waals surface area contributed by atoms with Crippen molar-refractivity contribution in [1.29, 1.82) is 0 Å². The second-order valence-electron chi connectivity index (χ2n) is 4.54. The van der Waals surface area contributed by atoms with Crippen molar-refractivity contribution in [3.05, 3.63) is 35.4 Å². The molecule has 1 nitrogen and oxygen atoms in total. The Labute approximate surface area is 94.9 Å². The van der Waals surface area contributed by atoms with E-state index in [1.807, 2.05) is 6.92 Å². The highest BCUT2D eigenvalue weighted by molar-refractivity contribution is 5.23. The summed E-state index contributed by atoms with van der Waals surface area (Å²) >= 11 is 0. The summed E-state index contributed by atoms with van der Waals surface area (Å²) in [7, 11) is 0. The Morgan fingerprint density at radius 2 is 1.94 bits per heavy atom. The molecule has 0 spiro atoms. The lowest BCUT2D eigenvalue weighted by atomic mass is 9.81. The lowest BCUT2D eigenvalue weighted by Gasteiger charge is -2.28. The molecule has 1 unspecified atom stereocenters. The maximum absolute atomic E-state index is 13.6. The molecular weight excluding hydrogens is 208 g/mol. The highest BCUT2D eigenvalue weighted by Crippen LogP contribution is 2.32. The molecule has 3 heteroatoms. The van der Waals surface area contributed by atoms with Gasteiger partial charge in [-0.1, -0.05) is 6.92 Å². The van der Waals surface area contributed by atoms with Crippen LogP contribution in [-0.4, -0.2) is 13.1 Å². The average Bonchev–Trinajstić information content (AvgIpc) is 2.32. The van der Waals surface area contributed by atoms with Crippen molar-refractivity contribution in [2.24, 2.45) is 5.92 Å². The van der Waals surface area contributed by atoms with Gasteiger partial charge in [-0.25, -0.2) is 8.78 Å². The molecule has 1 atom stereocenters. The molecule has 16 heavy (non-hydrogen) atoms.